The summed E-state index contributed by atoms with van der Waals surface area (Å²) in [6.07, 6.45) is -5.31. The standard InChI is InChI=1S/C10H12F3N3O2/c11-10(12,13)5-2-6-15-8-4-1-3-7(14)9(8)16(17)18/h1,3-4,15H,2,5-6,14H2. The van der Waals surface area contributed by atoms with Crippen molar-refractivity contribution in [3.05, 3.63) is 28.3 Å². The van der Waals surface area contributed by atoms with Gasteiger partial charge in [-0.1, -0.05) is 6.07 Å². The van der Waals surface area contributed by atoms with Gasteiger partial charge >= 0.3 is 11.9 Å². The van der Waals surface area contributed by atoms with Crippen molar-refractivity contribution in [1.82, 2.24) is 0 Å². The summed E-state index contributed by atoms with van der Waals surface area (Å²) in [6, 6.07) is 4.26. The van der Waals surface area contributed by atoms with Crippen LogP contribution >= 0.6 is 0 Å². The molecule has 0 aliphatic carbocycles. The minimum atomic E-state index is -4.22. The molecule has 0 radical (unpaired) electrons. The Bertz CT molecular complexity index is 435. The van der Waals surface area contributed by atoms with Crippen LogP contribution in [0.1, 0.15) is 12.8 Å². The van der Waals surface area contributed by atoms with Gasteiger partial charge in [0.15, 0.2) is 0 Å². The molecule has 8 heteroatoms. The molecule has 5 nitrogen and oxygen atoms in total. The quantitative estimate of drug-likeness (QED) is 0.370. The smallest absolute Gasteiger partial charge is 0.389 e. The Labute approximate surface area is 101 Å². The number of halogens is 3. The highest BCUT2D eigenvalue weighted by atomic mass is 19.4. The van der Waals surface area contributed by atoms with Crippen LogP contribution in [0.3, 0.4) is 0 Å². The number of nitrogens with zero attached hydrogens (tertiary/aromatic N) is 1. The second-order valence-corrected chi connectivity index (χ2v) is 3.65. The topological polar surface area (TPSA) is 81.2 Å². The second kappa shape index (κ2) is 5.56. The van der Waals surface area contributed by atoms with Crippen molar-refractivity contribution in [3.63, 3.8) is 0 Å². The van der Waals surface area contributed by atoms with E-state index in [2.05, 4.69) is 5.32 Å². The van der Waals surface area contributed by atoms with Gasteiger partial charge in [-0.15, -0.1) is 0 Å². The molecule has 0 aliphatic rings. The van der Waals surface area contributed by atoms with E-state index in [9.17, 15) is 23.3 Å². The van der Waals surface area contributed by atoms with Crippen molar-refractivity contribution in [3.8, 4) is 0 Å². The summed E-state index contributed by atoms with van der Waals surface area (Å²) in [5.74, 6) is 0. The number of hydrogen-bond acceptors (Lipinski definition) is 4. The number of hydrogen-bond donors (Lipinski definition) is 2. The van der Waals surface area contributed by atoms with E-state index >= 15 is 0 Å². The Morgan fingerprint density at radius 2 is 2.06 bits per heavy atom. The first-order valence-electron chi connectivity index (χ1n) is 5.15. The maximum Gasteiger partial charge on any atom is 0.389 e. The molecule has 0 saturated heterocycles. The van der Waals surface area contributed by atoms with Crippen molar-refractivity contribution in [1.29, 1.82) is 0 Å². The zero-order valence-corrected chi connectivity index (χ0v) is 9.33. The third kappa shape index (κ3) is 4.11. The molecule has 0 unspecified atom stereocenters. The molecule has 100 valence electrons. The summed E-state index contributed by atoms with van der Waals surface area (Å²) in [5, 5.41) is 13.3. The van der Waals surface area contributed by atoms with Gasteiger partial charge in [0.2, 0.25) is 0 Å². The predicted octanol–water partition coefficient (Wildman–Crippen LogP) is 2.93. The molecule has 0 amide bonds. The highest BCUT2D eigenvalue weighted by Gasteiger charge is 2.26. The molecular weight excluding hydrogens is 251 g/mol. The van der Waals surface area contributed by atoms with Crippen molar-refractivity contribution in [2.45, 2.75) is 19.0 Å². The Morgan fingerprint density at radius 1 is 1.39 bits per heavy atom. The molecule has 0 aliphatic heterocycles. The molecule has 0 saturated carbocycles. The molecule has 0 atom stereocenters. The molecule has 1 aromatic carbocycles. The Morgan fingerprint density at radius 3 is 2.61 bits per heavy atom. The van der Waals surface area contributed by atoms with Gasteiger partial charge < -0.3 is 11.1 Å². The molecule has 0 aromatic heterocycles. The van der Waals surface area contributed by atoms with Gasteiger partial charge in [0, 0.05) is 13.0 Å². The van der Waals surface area contributed by atoms with Gasteiger partial charge in [-0.05, 0) is 18.6 Å². The van der Waals surface area contributed by atoms with Gasteiger partial charge in [-0.3, -0.25) is 10.1 Å². The lowest BCUT2D eigenvalue weighted by Crippen LogP contribution is -2.11. The minimum Gasteiger partial charge on any atom is -0.393 e. The van der Waals surface area contributed by atoms with E-state index in [0.717, 1.165) is 0 Å². The number of anilines is 2. The minimum absolute atomic E-state index is 0.0101. The molecule has 0 fully saturated rings. The molecule has 0 bridgehead atoms. The van der Waals surface area contributed by atoms with E-state index in [1.54, 1.807) is 0 Å². The molecule has 3 N–H and O–H groups in total. The van der Waals surface area contributed by atoms with Gasteiger partial charge in [0.1, 0.15) is 11.4 Å². The lowest BCUT2D eigenvalue weighted by Gasteiger charge is -2.09. The summed E-state index contributed by atoms with van der Waals surface area (Å²) in [5.41, 5.74) is 5.22. The molecule has 1 aromatic rings. The number of rotatable bonds is 5. The maximum absolute atomic E-state index is 11.9. The summed E-state index contributed by atoms with van der Waals surface area (Å²) in [7, 11) is 0. The van der Waals surface area contributed by atoms with Crippen LogP contribution in [-0.2, 0) is 0 Å². The number of nitrogen functional groups attached to an aromatic ring is 1. The largest absolute Gasteiger partial charge is 0.393 e. The Hall–Kier alpha value is -1.99. The van der Waals surface area contributed by atoms with Crippen LogP contribution in [0.15, 0.2) is 18.2 Å². The lowest BCUT2D eigenvalue weighted by molar-refractivity contribution is -0.383. The van der Waals surface area contributed by atoms with E-state index < -0.39 is 17.5 Å². The second-order valence-electron chi connectivity index (χ2n) is 3.65. The van der Waals surface area contributed by atoms with E-state index in [4.69, 9.17) is 5.73 Å². The van der Waals surface area contributed by atoms with E-state index in [1.165, 1.54) is 18.2 Å². The van der Waals surface area contributed by atoms with Gasteiger partial charge in [0.25, 0.3) is 0 Å². The molecule has 0 heterocycles. The normalized spacial score (nSPS) is 11.3. The van der Waals surface area contributed by atoms with Crippen LogP contribution in [0.2, 0.25) is 0 Å². The zero-order valence-electron chi connectivity index (χ0n) is 9.33. The van der Waals surface area contributed by atoms with Crippen molar-refractivity contribution >= 4 is 17.1 Å². The Balaban J connectivity index is 2.63. The highest BCUT2D eigenvalue weighted by molar-refractivity contribution is 5.74. The average Bonchev–Trinajstić information content (AvgIpc) is 2.22. The first kappa shape index (κ1) is 14.1. The van der Waals surface area contributed by atoms with E-state index in [0.29, 0.717) is 0 Å². The highest BCUT2D eigenvalue weighted by Crippen LogP contribution is 2.30. The number of alkyl halides is 3. The fourth-order valence-corrected chi connectivity index (χ4v) is 1.42. The lowest BCUT2D eigenvalue weighted by atomic mass is 10.2. The summed E-state index contributed by atoms with van der Waals surface area (Å²) in [4.78, 5) is 10.1. The first-order chi connectivity index (χ1) is 8.31. The van der Waals surface area contributed by atoms with Gasteiger partial charge in [0.05, 0.1) is 4.92 Å². The number of benzene rings is 1. The Kier molecular flexibility index (Phi) is 4.35. The van der Waals surface area contributed by atoms with Crippen LogP contribution in [0.4, 0.5) is 30.2 Å². The van der Waals surface area contributed by atoms with Crippen molar-refractivity contribution in [2.24, 2.45) is 0 Å². The number of nitro groups is 1. The molecule has 1 rings (SSSR count). The van der Waals surface area contributed by atoms with Crippen molar-refractivity contribution in [2.75, 3.05) is 17.6 Å². The number of nitrogens with two attached hydrogens (primary N) is 1. The van der Waals surface area contributed by atoms with Crippen LogP contribution in [0.5, 0.6) is 0 Å². The first-order valence-corrected chi connectivity index (χ1v) is 5.15. The third-order valence-corrected chi connectivity index (χ3v) is 2.20. The maximum atomic E-state index is 11.9. The number of para-hydroxylation sites is 1. The summed E-state index contributed by atoms with van der Waals surface area (Å²) >= 11 is 0. The fraction of sp³-hybridized carbons (Fsp3) is 0.400. The predicted molar refractivity (Wildman–Crippen MR) is 61.3 cm³/mol. The SMILES string of the molecule is Nc1cccc(NCCCC(F)(F)F)c1[N+](=O)[O-]. The average molecular weight is 263 g/mol. The van der Waals surface area contributed by atoms with Crippen LogP contribution in [0, 0.1) is 10.1 Å². The summed E-state index contributed by atoms with van der Waals surface area (Å²) < 4.78 is 35.7. The van der Waals surface area contributed by atoms with Gasteiger partial charge in [-0.25, -0.2) is 0 Å². The van der Waals surface area contributed by atoms with Crippen LogP contribution < -0.4 is 11.1 Å². The van der Waals surface area contributed by atoms with Crippen LogP contribution in [-0.4, -0.2) is 17.6 Å². The van der Waals surface area contributed by atoms with Gasteiger partial charge in [-0.2, -0.15) is 13.2 Å². The fourth-order valence-electron chi connectivity index (χ4n) is 1.42. The summed E-state index contributed by atoms with van der Waals surface area (Å²) in [6.45, 7) is -0.0101. The third-order valence-electron chi connectivity index (χ3n) is 2.20. The van der Waals surface area contributed by atoms with E-state index in [1.807, 2.05) is 0 Å². The molecule has 0 spiro atoms. The molecule has 18 heavy (non-hydrogen) atoms. The number of nitro benzene ring substituents is 1. The van der Waals surface area contributed by atoms with Crippen LogP contribution in [0.25, 0.3) is 0 Å². The van der Waals surface area contributed by atoms with E-state index in [-0.39, 0.29) is 30.0 Å². The monoisotopic (exact) mass is 263 g/mol. The number of nitrogens with one attached hydrogen (secondary N) is 1. The zero-order chi connectivity index (χ0) is 13.8. The van der Waals surface area contributed by atoms with Crippen molar-refractivity contribution < 1.29 is 18.1 Å². The molecular formula is C10H12F3N3O2.